The van der Waals surface area contributed by atoms with Crippen molar-refractivity contribution in [1.82, 2.24) is 9.21 Å². The van der Waals surface area contributed by atoms with Crippen LogP contribution >= 0.6 is 11.6 Å². The topological polar surface area (TPSA) is 77.9 Å². The van der Waals surface area contributed by atoms with Crippen LogP contribution in [0, 0.1) is 11.8 Å². The van der Waals surface area contributed by atoms with Crippen LogP contribution in [0.1, 0.15) is 44.9 Å². The maximum Gasteiger partial charge on any atom is 0.243 e. The van der Waals surface area contributed by atoms with E-state index in [9.17, 15) is 18.3 Å². The Morgan fingerprint density at radius 1 is 1.03 bits per heavy atom. The van der Waals surface area contributed by atoms with Crippen LogP contribution in [0.4, 0.5) is 0 Å². The molecule has 0 radical (unpaired) electrons. The molecule has 0 aromatic heterocycles. The van der Waals surface area contributed by atoms with Crippen LogP contribution in [0.5, 0.6) is 0 Å². The molecule has 0 unspecified atom stereocenters. The first kappa shape index (κ1) is 21.1. The molecule has 0 bridgehead atoms. The monoisotopic (exact) mass is 440 g/mol. The van der Waals surface area contributed by atoms with Crippen LogP contribution in [0.15, 0.2) is 29.2 Å². The van der Waals surface area contributed by atoms with Crippen molar-refractivity contribution in [2.75, 3.05) is 26.2 Å². The van der Waals surface area contributed by atoms with Gasteiger partial charge >= 0.3 is 0 Å². The summed E-state index contributed by atoms with van der Waals surface area (Å²) in [6.07, 6.45) is 5.76. The number of amides is 1. The van der Waals surface area contributed by atoms with Crippen LogP contribution in [-0.2, 0) is 14.8 Å². The number of aliphatic hydroxyl groups is 1. The van der Waals surface area contributed by atoms with Gasteiger partial charge in [-0.1, -0.05) is 24.4 Å². The molecule has 1 aromatic carbocycles. The molecule has 3 fully saturated rings. The second-order valence-electron chi connectivity index (χ2n) is 8.71. The SMILES string of the molecule is O=C(C1CCN(S(=O)(=O)c2ccc(Cl)cc2)CC1)N1CC[C@]2(O)CCCC[C@H]2C1. The Morgan fingerprint density at radius 2 is 1.72 bits per heavy atom. The fraction of sp³-hybridized carbons (Fsp3) is 0.667. The first-order valence-electron chi connectivity index (χ1n) is 10.6. The number of rotatable bonds is 3. The van der Waals surface area contributed by atoms with Crippen molar-refractivity contribution in [2.24, 2.45) is 11.8 Å². The van der Waals surface area contributed by atoms with E-state index >= 15 is 0 Å². The Bertz CT molecular complexity index is 852. The zero-order chi connectivity index (χ0) is 20.6. The summed E-state index contributed by atoms with van der Waals surface area (Å²) in [7, 11) is -3.56. The summed E-state index contributed by atoms with van der Waals surface area (Å²) in [6.45, 7) is 1.94. The van der Waals surface area contributed by atoms with Crippen LogP contribution in [0.3, 0.4) is 0 Å². The van der Waals surface area contributed by atoms with E-state index in [4.69, 9.17) is 11.6 Å². The van der Waals surface area contributed by atoms with E-state index in [1.165, 1.54) is 16.4 Å². The van der Waals surface area contributed by atoms with E-state index < -0.39 is 15.6 Å². The molecule has 2 atom stereocenters. The summed E-state index contributed by atoms with van der Waals surface area (Å²) in [5.41, 5.74) is -0.592. The van der Waals surface area contributed by atoms with Gasteiger partial charge in [0.2, 0.25) is 15.9 Å². The van der Waals surface area contributed by atoms with Crippen molar-refractivity contribution < 1.29 is 18.3 Å². The number of benzene rings is 1. The molecule has 160 valence electrons. The van der Waals surface area contributed by atoms with Crippen molar-refractivity contribution in [1.29, 1.82) is 0 Å². The number of halogens is 1. The molecule has 2 heterocycles. The fourth-order valence-electron chi connectivity index (χ4n) is 5.13. The summed E-state index contributed by atoms with van der Waals surface area (Å²) >= 11 is 5.86. The number of piperidine rings is 2. The molecule has 2 aliphatic heterocycles. The predicted octanol–water partition coefficient (Wildman–Crippen LogP) is 2.89. The number of likely N-dealkylation sites (tertiary alicyclic amines) is 1. The van der Waals surface area contributed by atoms with Gasteiger partial charge in [0, 0.05) is 43.0 Å². The Balaban J connectivity index is 1.36. The molecular formula is C21H29ClN2O4S. The number of nitrogens with zero attached hydrogens (tertiary/aromatic N) is 2. The van der Waals surface area contributed by atoms with E-state index in [0.29, 0.717) is 50.5 Å². The molecule has 1 aliphatic carbocycles. The van der Waals surface area contributed by atoms with Crippen LogP contribution in [-0.4, -0.2) is 60.4 Å². The smallest absolute Gasteiger partial charge is 0.243 e. The first-order valence-corrected chi connectivity index (χ1v) is 12.4. The number of sulfonamides is 1. The van der Waals surface area contributed by atoms with Gasteiger partial charge in [0.25, 0.3) is 0 Å². The Morgan fingerprint density at radius 3 is 2.41 bits per heavy atom. The highest BCUT2D eigenvalue weighted by molar-refractivity contribution is 7.89. The molecule has 8 heteroatoms. The summed E-state index contributed by atoms with van der Waals surface area (Å²) in [5.74, 6) is 0.168. The number of carbonyl (C=O) groups is 1. The van der Waals surface area contributed by atoms with Gasteiger partial charge in [-0.05, 0) is 56.4 Å². The summed E-state index contributed by atoms with van der Waals surface area (Å²) in [5, 5.41) is 11.3. The zero-order valence-corrected chi connectivity index (χ0v) is 18.2. The van der Waals surface area contributed by atoms with Crippen LogP contribution < -0.4 is 0 Å². The minimum Gasteiger partial charge on any atom is -0.389 e. The highest BCUT2D eigenvalue weighted by Crippen LogP contribution is 2.40. The van der Waals surface area contributed by atoms with E-state index in [-0.39, 0.29) is 22.6 Å². The van der Waals surface area contributed by atoms with Crippen molar-refractivity contribution in [3.05, 3.63) is 29.3 Å². The number of carbonyl (C=O) groups excluding carboxylic acids is 1. The van der Waals surface area contributed by atoms with Crippen LogP contribution in [0.2, 0.25) is 5.02 Å². The van der Waals surface area contributed by atoms with Crippen LogP contribution in [0.25, 0.3) is 0 Å². The van der Waals surface area contributed by atoms with Crippen molar-refractivity contribution in [3.63, 3.8) is 0 Å². The van der Waals surface area contributed by atoms with Gasteiger partial charge in [0.15, 0.2) is 0 Å². The summed E-state index contributed by atoms with van der Waals surface area (Å²) < 4.78 is 27.1. The maximum absolute atomic E-state index is 13.1. The van der Waals surface area contributed by atoms with Crippen molar-refractivity contribution in [2.45, 2.75) is 55.4 Å². The van der Waals surface area contributed by atoms with Gasteiger partial charge in [-0.15, -0.1) is 0 Å². The third-order valence-electron chi connectivity index (χ3n) is 6.99. The summed E-state index contributed by atoms with van der Waals surface area (Å²) in [6, 6.07) is 6.20. The molecule has 1 amide bonds. The third kappa shape index (κ3) is 4.20. The van der Waals surface area contributed by atoms with Gasteiger partial charge in [-0.3, -0.25) is 4.79 Å². The zero-order valence-electron chi connectivity index (χ0n) is 16.6. The van der Waals surface area contributed by atoms with E-state index in [1.54, 1.807) is 12.1 Å². The fourth-order valence-corrected chi connectivity index (χ4v) is 6.72. The van der Waals surface area contributed by atoms with E-state index in [2.05, 4.69) is 0 Å². The average Bonchev–Trinajstić information content (AvgIpc) is 2.73. The molecular weight excluding hydrogens is 412 g/mol. The molecule has 1 N–H and O–H groups in total. The second kappa shape index (κ2) is 8.17. The van der Waals surface area contributed by atoms with E-state index in [1.807, 2.05) is 4.90 Å². The van der Waals surface area contributed by atoms with Gasteiger partial charge in [-0.2, -0.15) is 4.31 Å². The molecule has 3 aliphatic rings. The standard InChI is InChI=1S/C21H29ClN2O4S/c22-18-4-6-19(7-5-18)29(27,28)24-12-8-16(9-13-24)20(25)23-14-11-21(26)10-2-1-3-17(21)15-23/h4-7,16-17,26H,1-3,8-15H2/t17-,21+/m0/s1. The Kier molecular flexibility index (Phi) is 5.95. The minimum absolute atomic E-state index is 0.126. The molecule has 29 heavy (non-hydrogen) atoms. The van der Waals surface area contributed by atoms with Gasteiger partial charge in [0.05, 0.1) is 10.5 Å². The van der Waals surface area contributed by atoms with Gasteiger partial charge < -0.3 is 10.0 Å². The maximum atomic E-state index is 13.1. The predicted molar refractivity (Wildman–Crippen MR) is 111 cm³/mol. The molecule has 4 rings (SSSR count). The molecule has 6 nitrogen and oxygen atoms in total. The quantitative estimate of drug-likeness (QED) is 0.783. The molecule has 0 spiro atoms. The lowest BCUT2D eigenvalue weighted by molar-refractivity contribution is -0.148. The van der Waals surface area contributed by atoms with E-state index in [0.717, 1.165) is 25.7 Å². The lowest BCUT2D eigenvalue weighted by Crippen LogP contribution is -2.56. The normalized spacial score (nSPS) is 29.4. The number of hydrogen-bond acceptors (Lipinski definition) is 4. The molecule has 2 saturated heterocycles. The third-order valence-corrected chi connectivity index (χ3v) is 9.16. The molecule has 1 aromatic rings. The number of hydrogen-bond donors (Lipinski definition) is 1. The average molecular weight is 441 g/mol. The highest BCUT2D eigenvalue weighted by Gasteiger charge is 2.45. The minimum atomic E-state index is -3.56. The van der Waals surface area contributed by atoms with Gasteiger partial charge in [-0.25, -0.2) is 8.42 Å². The van der Waals surface area contributed by atoms with Crippen molar-refractivity contribution >= 4 is 27.5 Å². The first-order chi connectivity index (χ1) is 13.8. The number of fused-ring (bicyclic) bond motifs is 1. The van der Waals surface area contributed by atoms with Gasteiger partial charge in [0.1, 0.15) is 0 Å². The lowest BCUT2D eigenvalue weighted by Gasteiger charge is -2.48. The second-order valence-corrected chi connectivity index (χ2v) is 11.1. The Hall–Kier alpha value is -1.15. The summed E-state index contributed by atoms with van der Waals surface area (Å²) in [4.78, 5) is 15.2. The lowest BCUT2D eigenvalue weighted by atomic mass is 9.71. The van der Waals surface area contributed by atoms with Crippen molar-refractivity contribution in [3.8, 4) is 0 Å². The Labute approximate surface area is 177 Å². The molecule has 1 saturated carbocycles. The highest BCUT2D eigenvalue weighted by atomic mass is 35.5. The largest absolute Gasteiger partial charge is 0.389 e.